The van der Waals surface area contributed by atoms with Gasteiger partial charge in [-0.15, -0.1) is 10.2 Å². The number of pyridine rings is 1. The molecule has 2 aromatic heterocycles. The van der Waals surface area contributed by atoms with Crippen molar-refractivity contribution in [1.82, 2.24) is 14.6 Å². The number of nitrogens with one attached hydrogen (secondary N) is 1. The zero-order valence-electron chi connectivity index (χ0n) is 15.8. The molecule has 4 rings (SSSR count). The van der Waals surface area contributed by atoms with E-state index in [1.807, 2.05) is 23.6 Å². The summed E-state index contributed by atoms with van der Waals surface area (Å²) < 4.78 is 25.7. The van der Waals surface area contributed by atoms with Gasteiger partial charge in [0, 0.05) is 23.9 Å². The molecule has 1 amide bonds. The quantitative estimate of drug-likeness (QED) is 0.712. The number of rotatable bonds is 5. The molecule has 1 aliphatic rings. The third-order valence-electron chi connectivity index (χ3n) is 5.29. The predicted molar refractivity (Wildman–Crippen MR) is 106 cm³/mol. The van der Waals surface area contributed by atoms with Gasteiger partial charge in [-0.05, 0) is 49.1 Å². The number of benzene rings is 1. The van der Waals surface area contributed by atoms with Crippen LogP contribution in [0.5, 0.6) is 0 Å². The SMILES string of the molecule is CCc1ccc(S(C)(=O)=O)cc1C(=O)Nc1ccc2nnc(C3CCC3)n2c1. The number of sulfone groups is 1. The van der Waals surface area contributed by atoms with Gasteiger partial charge in [0.25, 0.3) is 5.91 Å². The minimum Gasteiger partial charge on any atom is -0.321 e. The highest BCUT2D eigenvalue weighted by atomic mass is 32.2. The number of carbonyl (C=O) groups excluding carboxylic acids is 1. The average molecular weight is 398 g/mol. The van der Waals surface area contributed by atoms with Gasteiger partial charge in [0.15, 0.2) is 15.5 Å². The molecule has 8 heteroatoms. The van der Waals surface area contributed by atoms with Crippen molar-refractivity contribution in [2.75, 3.05) is 11.6 Å². The molecule has 0 unspecified atom stereocenters. The smallest absolute Gasteiger partial charge is 0.256 e. The fourth-order valence-corrected chi connectivity index (χ4v) is 4.08. The number of hydrogen-bond donors (Lipinski definition) is 1. The zero-order chi connectivity index (χ0) is 19.9. The van der Waals surface area contributed by atoms with Crippen molar-refractivity contribution < 1.29 is 13.2 Å². The van der Waals surface area contributed by atoms with E-state index in [1.54, 1.807) is 18.2 Å². The monoisotopic (exact) mass is 398 g/mol. The van der Waals surface area contributed by atoms with E-state index in [1.165, 1.54) is 12.5 Å². The molecule has 0 saturated heterocycles. The molecule has 7 nitrogen and oxygen atoms in total. The zero-order valence-corrected chi connectivity index (χ0v) is 16.7. The van der Waals surface area contributed by atoms with E-state index in [2.05, 4.69) is 15.5 Å². The standard InChI is InChI=1S/C20H22N4O3S/c1-3-13-7-9-16(28(2,26)27)11-17(13)20(25)21-15-8-10-18-22-23-19(24(18)12-15)14-5-4-6-14/h7-12,14H,3-6H2,1-2H3,(H,21,25). The Kier molecular flexibility index (Phi) is 4.66. The summed E-state index contributed by atoms with van der Waals surface area (Å²) in [6.45, 7) is 1.93. The van der Waals surface area contributed by atoms with Crippen molar-refractivity contribution in [1.29, 1.82) is 0 Å². The van der Waals surface area contributed by atoms with E-state index in [4.69, 9.17) is 0 Å². The van der Waals surface area contributed by atoms with Crippen molar-refractivity contribution in [2.45, 2.75) is 43.4 Å². The normalized spacial score (nSPS) is 14.8. The predicted octanol–water partition coefficient (Wildman–Crippen LogP) is 3.22. The van der Waals surface area contributed by atoms with Gasteiger partial charge < -0.3 is 5.32 Å². The number of aryl methyl sites for hydroxylation is 1. The van der Waals surface area contributed by atoms with Gasteiger partial charge in [-0.1, -0.05) is 19.4 Å². The van der Waals surface area contributed by atoms with Gasteiger partial charge in [-0.3, -0.25) is 9.20 Å². The molecule has 1 aromatic carbocycles. The highest BCUT2D eigenvalue weighted by Crippen LogP contribution is 2.35. The highest BCUT2D eigenvalue weighted by Gasteiger charge is 2.24. The molecule has 1 saturated carbocycles. The summed E-state index contributed by atoms with van der Waals surface area (Å²) in [5.41, 5.74) is 2.52. The number of carbonyl (C=O) groups is 1. The van der Waals surface area contributed by atoms with Gasteiger partial charge in [-0.2, -0.15) is 0 Å². The minimum atomic E-state index is -3.39. The Balaban J connectivity index is 1.66. The Labute approximate surface area is 163 Å². The van der Waals surface area contributed by atoms with Crippen LogP contribution in [-0.4, -0.2) is 35.2 Å². The third-order valence-corrected chi connectivity index (χ3v) is 6.40. The maximum absolute atomic E-state index is 12.9. The van der Waals surface area contributed by atoms with Crippen LogP contribution in [0.4, 0.5) is 5.69 Å². The average Bonchev–Trinajstić information content (AvgIpc) is 3.02. The maximum atomic E-state index is 12.9. The van der Waals surface area contributed by atoms with E-state index in [0.29, 0.717) is 23.6 Å². The Morgan fingerprint density at radius 2 is 2.00 bits per heavy atom. The lowest BCUT2D eigenvalue weighted by Gasteiger charge is -2.23. The molecule has 0 atom stereocenters. The molecular weight excluding hydrogens is 376 g/mol. The number of anilines is 1. The first-order chi connectivity index (χ1) is 13.4. The maximum Gasteiger partial charge on any atom is 0.256 e. The van der Waals surface area contributed by atoms with Crippen LogP contribution in [0.15, 0.2) is 41.4 Å². The molecule has 1 fully saturated rings. The number of aromatic nitrogens is 3. The van der Waals surface area contributed by atoms with E-state index in [0.717, 1.165) is 36.1 Å². The van der Waals surface area contributed by atoms with Gasteiger partial charge in [0.2, 0.25) is 0 Å². The van der Waals surface area contributed by atoms with Crippen molar-refractivity contribution in [3.05, 3.63) is 53.5 Å². The fraction of sp³-hybridized carbons (Fsp3) is 0.350. The van der Waals surface area contributed by atoms with Crippen molar-refractivity contribution >= 4 is 27.1 Å². The highest BCUT2D eigenvalue weighted by molar-refractivity contribution is 7.90. The Bertz CT molecular complexity index is 1160. The van der Waals surface area contributed by atoms with E-state index in [-0.39, 0.29) is 10.8 Å². The van der Waals surface area contributed by atoms with Crippen LogP contribution in [0.25, 0.3) is 5.65 Å². The van der Waals surface area contributed by atoms with Crippen LogP contribution in [0.3, 0.4) is 0 Å². The molecule has 28 heavy (non-hydrogen) atoms. The summed E-state index contributed by atoms with van der Waals surface area (Å²) in [7, 11) is -3.39. The van der Waals surface area contributed by atoms with Crippen molar-refractivity contribution in [2.24, 2.45) is 0 Å². The number of amides is 1. The lowest BCUT2D eigenvalue weighted by atomic mass is 9.85. The van der Waals surface area contributed by atoms with Crippen LogP contribution < -0.4 is 5.32 Å². The van der Waals surface area contributed by atoms with E-state index >= 15 is 0 Å². The molecular formula is C20H22N4O3S. The molecule has 0 aliphatic heterocycles. The van der Waals surface area contributed by atoms with Crippen LogP contribution in [0.1, 0.15) is 53.8 Å². The second kappa shape index (κ2) is 7.01. The Morgan fingerprint density at radius 3 is 2.64 bits per heavy atom. The molecule has 0 radical (unpaired) electrons. The molecule has 146 valence electrons. The third kappa shape index (κ3) is 3.40. The first-order valence-electron chi connectivity index (χ1n) is 9.36. The lowest BCUT2D eigenvalue weighted by Crippen LogP contribution is -2.16. The number of fused-ring (bicyclic) bond motifs is 1. The number of hydrogen-bond acceptors (Lipinski definition) is 5. The first kappa shape index (κ1) is 18.6. The topological polar surface area (TPSA) is 93.4 Å². The molecule has 3 aromatic rings. The van der Waals surface area contributed by atoms with Gasteiger partial charge in [-0.25, -0.2) is 8.42 Å². The second-order valence-electron chi connectivity index (χ2n) is 7.23. The van der Waals surface area contributed by atoms with Gasteiger partial charge in [0.1, 0.15) is 5.82 Å². The van der Waals surface area contributed by atoms with Crippen molar-refractivity contribution in [3.8, 4) is 0 Å². The van der Waals surface area contributed by atoms with Crippen LogP contribution in [-0.2, 0) is 16.3 Å². The van der Waals surface area contributed by atoms with Gasteiger partial charge in [0.05, 0.1) is 10.6 Å². The van der Waals surface area contributed by atoms with Crippen LogP contribution in [0.2, 0.25) is 0 Å². The summed E-state index contributed by atoms with van der Waals surface area (Å²) in [6, 6.07) is 8.28. The van der Waals surface area contributed by atoms with E-state index in [9.17, 15) is 13.2 Å². The Hall–Kier alpha value is -2.74. The molecule has 2 heterocycles. The summed E-state index contributed by atoms with van der Waals surface area (Å²) in [4.78, 5) is 13.0. The molecule has 1 aliphatic carbocycles. The largest absolute Gasteiger partial charge is 0.321 e. The summed E-state index contributed by atoms with van der Waals surface area (Å²) in [5, 5.41) is 11.4. The minimum absolute atomic E-state index is 0.136. The lowest BCUT2D eigenvalue weighted by molar-refractivity contribution is 0.102. The van der Waals surface area contributed by atoms with Crippen LogP contribution >= 0.6 is 0 Å². The first-order valence-corrected chi connectivity index (χ1v) is 11.2. The van der Waals surface area contributed by atoms with Crippen molar-refractivity contribution in [3.63, 3.8) is 0 Å². The Morgan fingerprint density at radius 1 is 1.21 bits per heavy atom. The summed E-state index contributed by atoms with van der Waals surface area (Å²) in [5.74, 6) is 1.00. The summed E-state index contributed by atoms with van der Waals surface area (Å²) >= 11 is 0. The molecule has 0 bridgehead atoms. The summed E-state index contributed by atoms with van der Waals surface area (Å²) in [6.07, 6.45) is 7.01. The second-order valence-corrected chi connectivity index (χ2v) is 9.25. The molecule has 1 N–H and O–H groups in total. The number of nitrogens with zero attached hydrogens (tertiary/aromatic N) is 3. The van der Waals surface area contributed by atoms with Crippen LogP contribution in [0, 0.1) is 0 Å². The van der Waals surface area contributed by atoms with E-state index < -0.39 is 9.84 Å². The molecule has 0 spiro atoms. The fourth-order valence-electron chi connectivity index (χ4n) is 3.43. The van der Waals surface area contributed by atoms with Gasteiger partial charge >= 0.3 is 0 Å².